The molecule has 0 aromatic carbocycles. The zero-order valence-corrected chi connectivity index (χ0v) is 4.87. The van der Waals surface area contributed by atoms with Crippen LogP contribution in [0.4, 0.5) is 5.88 Å². The van der Waals surface area contributed by atoms with Crippen molar-refractivity contribution in [1.82, 2.24) is 0 Å². The predicted molar refractivity (Wildman–Crippen MR) is 31.9 cm³/mol. The zero-order chi connectivity index (χ0) is 7.56. The Balaban J connectivity index is 3.02. The minimum absolute atomic E-state index is 0.00241. The molecule has 0 aliphatic carbocycles. The third-order valence-corrected chi connectivity index (χ3v) is 0.913. The van der Waals surface area contributed by atoms with Crippen molar-refractivity contribution in [2.45, 2.75) is 0 Å². The van der Waals surface area contributed by atoms with Crippen LogP contribution in [0, 0.1) is 6.57 Å². The van der Waals surface area contributed by atoms with E-state index >= 15 is 0 Å². The summed E-state index contributed by atoms with van der Waals surface area (Å²) >= 11 is 0. The maximum Gasteiger partial charge on any atom is 0.370 e. The van der Waals surface area contributed by atoms with E-state index in [9.17, 15) is 4.79 Å². The summed E-state index contributed by atoms with van der Waals surface area (Å²) in [4.78, 5) is 13.0. The van der Waals surface area contributed by atoms with Gasteiger partial charge >= 0.3 is 11.9 Å². The van der Waals surface area contributed by atoms with Crippen molar-refractivity contribution in [1.29, 1.82) is 0 Å². The van der Waals surface area contributed by atoms with E-state index in [-0.39, 0.29) is 11.6 Å². The molecule has 0 fully saturated rings. The standard InChI is InChI=1S/C6H3NO3/c1-7-5-3-2-4(10-5)6(8)9/h2-3H,(H,8,9). The van der Waals surface area contributed by atoms with Crippen LogP contribution in [0.2, 0.25) is 0 Å². The first-order valence-corrected chi connectivity index (χ1v) is 2.44. The van der Waals surface area contributed by atoms with Gasteiger partial charge in [-0.3, -0.25) is 0 Å². The number of aromatic carboxylic acids is 1. The minimum Gasteiger partial charge on any atom is -0.475 e. The molecule has 1 rings (SSSR count). The molecular formula is C6H3NO3. The fraction of sp³-hybridized carbons (Fsp3) is 0. The number of hydrogen-bond acceptors (Lipinski definition) is 2. The molecule has 1 N–H and O–H groups in total. The second-order valence-corrected chi connectivity index (χ2v) is 1.55. The first-order valence-electron chi connectivity index (χ1n) is 2.44. The van der Waals surface area contributed by atoms with Crippen molar-refractivity contribution in [2.75, 3.05) is 0 Å². The second-order valence-electron chi connectivity index (χ2n) is 1.55. The Hall–Kier alpha value is -1.76. The Kier molecular flexibility index (Phi) is 1.42. The smallest absolute Gasteiger partial charge is 0.370 e. The van der Waals surface area contributed by atoms with Crippen LogP contribution in [0.5, 0.6) is 0 Å². The average Bonchev–Trinajstić information content (AvgIpc) is 2.34. The van der Waals surface area contributed by atoms with Gasteiger partial charge < -0.3 is 9.52 Å². The summed E-state index contributed by atoms with van der Waals surface area (Å²) < 4.78 is 4.54. The third-order valence-electron chi connectivity index (χ3n) is 0.913. The quantitative estimate of drug-likeness (QED) is 0.597. The van der Waals surface area contributed by atoms with Gasteiger partial charge in [0.1, 0.15) is 0 Å². The molecule has 0 saturated carbocycles. The van der Waals surface area contributed by atoms with Crippen molar-refractivity contribution >= 4 is 11.9 Å². The molecular weight excluding hydrogens is 134 g/mol. The van der Waals surface area contributed by atoms with Gasteiger partial charge in [-0.05, 0) is 12.1 Å². The highest BCUT2D eigenvalue weighted by molar-refractivity contribution is 5.84. The highest BCUT2D eigenvalue weighted by atomic mass is 16.4. The molecule has 0 aliphatic rings. The maximum atomic E-state index is 10.1. The van der Waals surface area contributed by atoms with Crippen LogP contribution in [0.25, 0.3) is 4.85 Å². The minimum atomic E-state index is -1.16. The van der Waals surface area contributed by atoms with E-state index in [1.807, 2.05) is 0 Å². The summed E-state index contributed by atoms with van der Waals surface area (Å²) in [5.41, 5.74) is 0. The maximum absolute atomic E-state index is 10.1. The van der Waals surface area contributed by atoms with Crippen molar-refractivity contribution in [3.8, 4) is 0 Å². The third kappa shape index (κ3) is 0.977. The van der Waals surface area contributed by atoms with Gasteiger partial charge in [0, 0.05) is 0 Å². The molecule has 0 saturated heterocycles. The summed E-state index contributed by atoms with van der Waals surface area (Å²) in [6, 6.07) is 2.56. The number of furan rings is 1. The lowest BCUT2D eigenvalue weighted by Gasteiger charge is -1.82. The second kappa shape index (κ2) is 2.23. The van der Waals surface area contributed by atoms with Gasteiger partial charge in [0.05, 0.1) is 6.57 Å². The van der Waals surface area contributed by atoms with Crippen molar-refractivity contribution in [2.24, 2.45) is 0 Å². The Morgan fingerprint density at radius 2 is 2.40 bits per heavy atom. The van der Waals surface area contributed by atoms with Crippen molar-refractivity contribution < 1.29 is 14.3 Å². The Morgan fingerprint density at radius 1 is 1.70 bits per heavy atom. The number of carboxylic acid groups (broad SMARTS) is 1. The lowest BCUT2D eigenvalue weighted by Crippen LogP contribution is -1.91. The fourth-order valence-electron chi connectivity index (χ4n) is 0.503. The molecule has 50 valence electrons. The van der Waals surface area contributed by atoms with Gasteiger partial charge in [-0.25, -0.2) is 4.79 Å². The molecule has 1 heterocycles. The van der Waals surface area contributed by atoms with E-state index in [1.165, 1.54) is 12.1 Å². The van der Waals surface area contributed by atoms with Crippen LogP contribution in [-0.2, 0) is 0 Å². The van der Waals surface area contributed by atoms with Gasteiger partial charge in [-0.15, -0.1) is 0 Å². The highest BCUT2D eigenvalue weighted by Gasteiger charge is 2.06. The summed E-state index contributed by atoms with van der Waals surface area (Å²) in [5, 5.41) is 8.30. The number of hydrogen-bond donors (Lipinski definition) is 1. The summed E-state index contributed by atoms with van der Waals surface area (Å²) in [6.45, 7) is 6.44. The molecule has 4 heteroatoms. The van der Waals surface area contributed by atoms with E-state index in [0.717, 1.165) is 0 Å². The topological polar surface area (TPSA) is 54.8 Å². The molecule has 1 aromatic rings. The zero-order valence-electron chi connectivity index (χ0n) is 4.87. The van der Waals surface area contributed by atoms with Crippen LogP contribution >= 0.6 is 0 Å². The molecule has 0 aliphatic heterocycles. The largest absolute Gasteiger partial charge is 0.475 e. The summed E-state index contributed by atoms with van der Waals surface area (Å²) in [6.07, 6.45) is 0. The van der Waals surface area contributed by atoms with Crippen LogP contribution in [-0.4, -0.2) is 11.1 Å². The molecule has 0 radical (unpaired) electrons. The SMILES string of the molecule is [C-]#[N+]c1ccc(C(=O)O)o1. The van der Waals surface area contributed by atoms with Crippen molar-refractivity contribution in [3.05, 3.63) is 29.3 Å². The molecule has 0 amide bonds. The number of nitrogens with zero attached hydrogens (tertiary/aromatic N) is 1. The Morgan fingerprint density at radius 3 is 2.70 bits per heavy atom. The molecule has 10 heavy (non-hydrogen) atoms. The molecule has 4 nitrogen and oxygen atoms in total. The van der Waals surface area contributed by atoms with Crippen LogP contribution < -0.4 is 0 Å². The van der Waals surface area contributed by atoms with Gasteiger partial charge in [-0.2, -0.15) is 4.85 Å². The van der Waals surface area contributed by atoms with E-state index in [2.05, 4.69) is 9.26 Å². The van der Waals surface area contributed by atoms with E-state index < -0.39 is 5.97 Å². The fourth-order valence-corrected chi connectivity index (χ4v) is 0.503. The normalized spacial score (nSPS) is 8.70. The predicted octanol–water partition coefficient (Wildman–Crippen LogP) is 1.53. The summed E-state index contributed by atoms with van der Waals surface area (Å²) in [5.74, 6) is -1.36. The molecule has 0 atom stereocenters. The van der Waals surface area contributed by atoms with Gasteiger partial charge in [-0.1, -0.05) is 0 Å². The Labute approximate surface area is 56.5 Å². The number of carboxylic acids is 1. The van der Waals surface area contributed by atoms with Gasteiger partial charge in [0.25, 0.3) is 0 Å². The van der Waals surface area contributed by atoms with E-state index in [0.29, 0.717) is 0 Å². The van der Waals surface area contributed by atoms with Crippen LogP contribution in [0.3, 0.4) is 0 Å². The molecule has 0 bridgehead atoms. The van der Waals surface area contributed by atoms with Gasteiger partial charge in [0.15, 0.2) is 5.76 Å². The van der Waals surface area contributed by atoms with Crippen LogP contribution in [0.15, 0.2) is 16.5 Å². The molecule has 0 spiro atoms. The summed E-state index contributed by atoms with van der Waals surface area (Å²) in [7, 11) is 0. The lowest BCUT2D eigenvalue weighted by atomic mass is 10.5. The first kappa shape index (κ1) is 6.36. The van der Waals surface area contributed by atoms with E-state index in [1.54, 1.807) is 0 Å². The number of rotatable bonds is 1. The van der Waals surface area contributed by atoms with Gasteiger partial charge in [0.2, 0.25) is 0 Å². The molecule has 1 aromatic heterocycles. The van der Waals surface area contributed by atoms with Crippen LogP contribution in [0.1, 0.15) is 10.6 Å². The lowest BCUT2D eigenvalue weighted by molar-refractivity contribution is 0.0664. The Bertz CT molecular complexity index is 294. The number of carbonyl (C=O) groups is 1. The monoisotopic (exact) mass is 137 g/mol. The molecule has 0 unspecified atom stereocenters. The van der Waals surface area contributed by atoms with E-state index in [4.69, 9.17) is 11.7 Å². The highest BCUT2D eigenvalue weighted by Crippen LogP contribution is 2.15. The average molecular weight is 137 g/mol. The van der Waals surface area contributed by atoms with Crippen molar-refractivity contribution in [3.63, 3.8) is 0 Å². The first-order chi connectivity index (χ1) is 4.74.